The third-order valence-electron chi connectivity index (χ3n) is 2.78. The molecule has 17 heavy (non-hydrogen) atoms. The molecule has 0 radical (unpaired) electrons. The Hall–Kier alpha value is -0.450. The molecular weight excluding hydrogens is 285 g/mol. The first-order chi connectivity index (χ1) is 7.91. The second-order valence-electron chi connectivity index (χ2n) is 4.74. The Morgan fingerprint density at radius 1 is 1.35 bits per heavy atom. The predicted octanol–water partition coefficient (Wildman–Crippen LogP) is 3.39. The quantitative estimate of drug-likeness (QED) is 0.876. The van der Waals surface area contributed by atoms with Crippen LogP contribution in [0.25, 0.3) is 0 Å². The number of benzene rings is 1. The molecule has 3 N–H and O–H groups in total. The summed E-state index contributed by atoms with van der Waals surface area (Å²) in [5.41, 5.74) is 6.70. The molecule has 0 heterocycles. The van der Waals surface area contributed by atoms with Gasteiger partial charge in [-0.3, -0.25) is 0 Å². The number of hydrogen-bond donors (Lipinski definition) is 2. The second-order valence-corrected chi connectivity index (χ2v) is 5.59. The zero-order valence-corrected chi connectivity index (χ0v) is 11.7. The molecule has 2 atom stereocenters. The van der Waals surface area contributed by atoms with Crippen molar-refractivity contribution in [2.45, 2.75) is 38.8 Å². The van der Waals surface area contributed by atoms with Gasteiger partial charge in [0.2, 0.25) is 0 Å². The minimum absolute atomic E-state index is 0.322. The molecule has 0 aliphatic carbocycles. The summed E-state index contributed by atoms with van der Waals surface area (Å²) in [6, 6.07) is 4.13. The van der Waals surface area contributed by atoms with Crippen molar-refractivity contribution in [1.82, 2.24) is 0 Å². The Morgan fingerprint density at radius 3 is 2.53 bits per heavy atom. The van der Waals surface area contributed by atoms with Gasteiger partial charge in [-0.2, -0.15) is 0 Å². The van der Waals surface area contributed by atoms with Crippen molar-refractivity contribution in [1.29, 1.82) is 0 Å². The van der Waals surface area contributed by atoms with Crippen molar-refractivity contribution >= 4 is 15.9 Å². The van der Waals surface area contributed by atoms with E-state index in [0.29, 0.717) is 16.8 Å². The first-order valence-electron chi connectivity index (χ1n) is 5.80. The van der Waals surface area contributed by atoms with E-state index in [0.717, 1.165) is 12.0 Å². The standard InChI is InChI=1S/C13H19BrFNO/c1-8(2)3-6-12(17)13(16)9-4-5-11(15)10(14)7-9/h4-5,7-8,12-13,17H,3,6,16H2,1-2H3/t12-,13+/m0/s1. The van der Waals surface area contributed by atoms with Gasteiger partial charge in [0.05, 0.1) is 16.6 Å². The zero-order valence-electron chi connectivity index (χ0n) is 10.2. The van der Waals surface area contributed by atoms with Gasteiger partial charge in [0.1, 0.15) is 5.82 Å². The van der Waals surface area contributed by atoms with E-state index in [1.165, 1.54) is 6.07 Å². The average Bonchev–Trinajstić information content (AvgIpc) is 2.28. The molecule has 0 amide bonds. The van der Waals surface area contributed by atoms with Crippen molar-refractivity contribution < 1.29 is 9.50 Å². The smallest absolute Gasteiger partial charge is 0.137 e. The zero-order chi connectivity index (χ0) is 13.0. The van der Waals surface area contributed by atoms with Gasteiger partial charge in [0, 0.05) is 0 Å². The molecule has 0 aliphatic heterocycles. The fourth-order valence-corrected chi connectivity index (χ4v) is 2.02. The number of aliphatic hydroxyl groups excluding tert-OH is 1. The van der Waals surface area contributed by atoms with Crippen LogP contribution < -0.4 is 5.73 Å². The topological polar surface area (TPSA) is 46.2 Å². The van der Waals surface area contributed by atoms with Crippen LogP contribution in [-0.2, 0) is 0 Å². The van der Waals surface area contributed by atoms with Crippen LogP contribution in [0.5, 0.6) is 0 Å². The summed E-state index contributed by atoms with van der Waals surface area (Å²) in [4.78, 5) is 0. The van der Waals surface area contributed by atoms with E-state index in [1.807, 2.05) is 0 Å². The highest BCUT2D eigenvalue weighted by atomic mass is 79.9. The lowest BCUT2D eigenvalue weighted by molar-refractivity contribution is 0.128. The highest BCUT2D eigenvalue weighted by Crippen LogP contribution is 2.24. The number of aliphatic hydroxyl groups is 1. The molecule has 0 spiro atoms. The van der Waals surface area contributed by atoms with Crippen LogP contribution >= 0.6 is 15.9 Å². The van der Waals surface area contributed by atoms with E-state index >= 15 is 0 Å². The maximum atomic E-state index is 13.1. The lowest BCUT2D eigenvalue weighted by Crippen LogP contribution is -2.26. The molecule has 0 saturated carbocycles. The normalized spacial score (nSPS) is 15.0. The van der Waals surface area contributed by atoms with Crippen LogP contribution in [0.1, 0.15) is 38.3 Å². The molecule has 1 rings (SSSR count). The highest BCUT2D eigenvalue weighted by molar-refractivity contribution is 9.10. The molecule has 0 aliphatic rings. The van der Waals surface area contributed by atoms with Crippen molar-refractivity contribution in [3.05, 3.63) is 34.1 Å². The largest absolute Gasteiger partial charge is 0.391 e. The summed E-state index contributed by atoms with van der Waals surface area (Å²) < 4.78 is 13.4. The minimum atomic E-state index is -0.588. The molecule has 1 aromatic carbocycles. The third-order valence-corrected chi connectivity index (χ3v) is 3.39. The molecule has 4 heteroatoms. The Balaban J connectivity index is 2.67. The van der Waals surface area contributed by atoms with Crippen molar-refractivity contribution in [2.75, 3.05) is 0 Å². The van der Waals surface area contributed by atoms with Crippen LogP contribution in [0, 0.1) is 11.7 Å². The number of nitrogens with two attached hydrogens (primary N) is 1. The van der Waals surface area contributed by atoms with E-state index in [4.69, 9.17) is 5.73 Å². The fourth-order valence-electron chi connectivity index (χ4n) is 1.63. The number of rotatable bonds is 5. The molecule has 0 saturated heterocycles. The minimum Gasteiger partial charge on any atom is -0.391 e. The molecule has 2 nitrogen and oxygen atoms in total. The summed E-state index contributed by atoms with van der Waals surface area (Å²) in [6.07, 6.45) is 1.00. The Morgan fingerprint density at radius 2 is 2.00 bits per heavy atom. The molecule has 1 aromatic rings. The summed E-state index contributed by atoms with van der Waals surface area (Å²) in [7, 11) is 0. The fraction of sp³-hybridized carbons (Fsp3) is 0.538. The average molecular weight is 304 g/mol. The van der Waals surface area contributed by atoms with Gasteiger partial charge in [-0.25, -0.2) is 4.39 Å². The lowest BCUT2D eigenvalue weighted by atomic mass is 9.96. The van der Waals surface area contributed by atoms with Crippen LogP contribution in [-0.4, -0.2) is 11.2 Å². The Labute approximate surface area is 110 Å². The molecule has 0 fully saturated rings. The van der Waals surface area contributed by atoms with Crippen LogP contribution in [0.2, 0.25) is 0 Å². The first kappa shape index (κ1) is 14.6. The SMILES string of the molecule is CC(C)CC[C@H](O)[C@H](N)c1ccc(F)c(Br)c1. The summed E-state index contributed by atoms with van der Waals surface area (Å²) >= 11 is 3.11. The van der Waals surface area contributed by atoms with Gasteiger partial charge in [-0.15, -0.1) is 0 Å². The molecule has 0 aromatic heterocycles. The van der Waals surface area contributed by atoms with E-state index in [1.54, 1.807) is 12.1 Å². The Kier molecular flexibility index (Phi) is 5.56. The van der Waals surface area contributed by atoms with Crippen LogP contribution in [0.15, 0.2) is 22.7 Å². The summed E-state index contributed by atoms with van der Waals surface area (Å²) in [6.45, 7) is 4.21. The second kappa shape index (κ2) is 6.47. The first-order valence-corrected chi connectivity index (χ1v) is 6.59. The van der Waals surface area contributed by atoms with E-state index in [-0.39, 0.29) is 5.82 Å². The van der Waals surface area contributed by atoms with Gasteiger partial charge >= 0.3 is 0 Å². The summed E-state index contributed by atoms with van der Waals surface area (Å²) in [5, 5.41) is 9.95. The van der Waals surface area contributed by atoms with Gasteiger partial charge in [-0.1, -0.05) is 19.9 Å². The van der Waals surface area contributed by atoms with Gasteiger partial charge in [-0.05, 0) is 52.4 Å². The van der Waals surface area contributed by atoms with Gasteiger partial charge in [0.25, 0.3) is 0 Å². The third kappa shape index (κ3) is 4.37. The number of hydrogen-bond acceptors (Lipinski definition) is 2. The monoisotopic (exact) mass is 303 g/mol. The lowest BCUT2D eigenvalue weighted by Gasteiger charge is -2.20. The van der Waals surface area contributed by atoms with Crippen LogP contribution in [0.3, 0.4) is 0 Å². The van der Waals surface area contributed by atoms with Crippen molar-refractivity contribution in [3.8, 4) is 0 Å². The molecule has 0 bridgehead atoms. The summed E-state index contributed by atoms with van der Waals surface area (Å²) in [5.74, 6) is 0.217. The number of halogens is 2. The molecule has 96 valence electrons. The van der Waals surface area contributed by atoms with Crippen molar-refractivity contribution in [3.63, 3.8) is 0 Å². The maximum absolute atomic E-state index is 13.1. The van der Waals surface area contributed by atoms with E-state index in [2.05, 4.69) is 29.8 Å². The maximum Gasteiger partial charge on any atom is 0.137 e. The molecular formula is C13H19BrFNO. The van der Waals surface area contributed by atoms with Crippen LogP contribution in [0.4, 0.5) is 4.39 Å². The van der Waals surface area contributed by atoms with Gasteiger partial charge in [0.15, 0.2) is 0 Å². The van der Waals surface area contributed by atoms with Gasteiger partial charge < -0.3 is 10.8 Å². The predicted molar refractivity (Wildman–Crippen MR) is 71.1 cm³/mol. The van der Waals surface area contributed by atoms with E-state index in [9.17, 15) is 9.50 Å². The molecule has 0 unspecified atom stereocenters. The van der Waals surface area contributed by atoms with Crippen molar-refractivity contribution in [2.24, 2.45) is 11.7 Å². The highest BCUT2D eigenvalue weighted by Gasteiger charge is 2.17. The Bertz CT molecular complexity index is 370. The van der Waals surface area contributed by atoms with E-state index < -0.39 is 12.1 Å².